The molecule has 1 unspecified atom stereocenters. The SMILES string of the molecule is N#CC1C[C@H](F)CN1C(=O)CN1CC[C@@H](Nc2ccnc3c(C(F)(F)F)cccc23)C1. The minimum absolute atomic E-state index is 0.0431. The van der Waals surface area contributed by atoms with Crippen molar-refractivity contribution in [2.45, 2.75) is 37.3 Å². The highest BCUT2D eigenvalue weighted by atomic mass is 19.4. The maximum atomic E-state index is 13.6. The molecular formula is C21H21F4N5O. The zero-order valence-electron chi connectivity index (χ0n) is 16.6. The first-order chi connectivity index (χ1) is 14.8. The number of carbonyl (C=O) groups excluding carboxylic acids is 1. The number of fused-ring (bicyclic) bond motifs is 1. The maximum absolute atomic E-state index is 13.6. The number of para-hydroxylation sites is 1. The van der Waals surface area contributed by atoms with Crippen LogP contribution in [0.4, 0.5) is 23.2 Å². The third-order valence-corrected chi connectivity index (χ3v) is 5.79. The van der Waals surface area contributed by atoms with Crippen LogP contribution in [0.15, 0.2) is 30.5 Å². The lowest BCUT2D eigenvalue weighted by Crippen LogP contribution is -2.42. The summed E-state index contributed by atoms with van der Waals surface area (Å²) in [7, 11) is 0. The number of amides is 1. The van der Waals surface area contributed by atoms with Gasteiger partial charge in [0.05, 0.1) is 30.2 Å². The van der Waals surface area contributed by atoms with Crippen LogP contribution in [-0.4, -0.2) is 65.1 Å². The zero-order chi connectivity index (χ0) is 22.2. The number of carbonyl (C=O) groups is 1. The molecule has 0 spiro atoms. The number of nitriles is 1. The number of rotatable bonds is 4. The molecule has 1 amide bonds. The van der Waals surface area contributed by atoms with Crippen LogP contribution in [0.1, 0.15) is 18.4 Å². The van der Waals surface area contributed by atoms with Crippen molar-refractivity contribution in [3.63, 3.8) is 0 Å². The molecule has 2 saturated heterocycles. The van der Waals surface area contributed by atoms with Gasteiger partial charge in [-0.25, -0.2) is 4.39 Å². The highest BCUT2D eigenvalue weighted by Crippen LogP contribution is 2.36. The number of pyridine rings is 1. The Morgan fingerprint density at radius 2 is 2.10 bits per heavy atom. The first kappa shape index (κ1) is 21.3. The van der Waals surface area contributed by atoms with Crippen LogP contribution in [0, 0.1) is 11.3 Å². The molecular weight excluding hydrogens is 414 g/mol. The molecule has 3 atom stereocenters. The summed E-state index contributed by atoms with van der Waals surface area (Å²) in [6, 6.07) is 6.78. The molecule has 0 saturated carbocycles. The van der Waals surface area contributed by atoms with Gasteiger partial charge in [0.2, 0.25) is 5.91 Å². The van der Waals surface area contributed by atoms with Crippen LogP contribution in [0.3, 0.4) is 0 Å². The van der Waals surface area contributed by atoms with Gasteiger partial charge in [-0.3, -0.25) is 14.7 Å². The molecule has 6 nitrogen and oxygen atoms in total. The molecule has 164 valence electrons. The van der Waals surface area contributed by atoms with Gasteiger partial charge in [-0.2, -0.15) is 18.4 Å². The monoisotopic (exact) mass is 435 g/mol. The highest BCUT2D eigenvalue weighted by Gasteiger charge is 2.37. The van der Waals surface area contributed by atoms with E-state index in [1.165, 1.54) is 17.2 Å². The van der Waals surface area contributed by atoms with E-state index in [2.05, 4.69) is 10.3 Å². The van der Waals surface area contributed by atoms with Gasteiger partial charge >= 0.3 is 6.18 Å². The average molecular weight is 435 g/mol. The minimum Gasteiger partial charge on any atom is -0.380 e. The number of halogens is 4. The van der Waals surface area contributed by atoms with E-state index in [1.54, 1.807) is 12.1 Å². The molecule has 0 aliphatic carbocycles. The van der Waals surface area contributed by atoms with Gasteiger partial charge in [-0.05, 0) is 18.6 Å². The molecule has 2 fully saturated rings. The van der Waals surface area contributed by atoms with Gasteiger partial charge in [-0.15, -0.1) is 0 Å². The molecule has 0 radical (unpaired) electrons. The largest absolute Gasteiger partial charge is 0.418 e. The number of alkyl halides is 4. The van der Waals surface area contributed by atoms with Gasteiger partial charge in [0.1, 0.15) is 12.2 Å². The first-order valence-corrected chi connectivity index (χ1v) is 10.0. The Balaban J connectivity index is 1.43. The van der Waals surface area contributed by atoms with E-state index >= 15 is 0 Å². The summed E-state index contributed by atoms with van der Waals surface area (Å²) < 4.78 is 53.4. The fraction of sp³-hybridized carbons (Fsp3) is 0.476. The number of aromatic nitrogens is 1. The third-order valence-electron chi connectivity index (χ3n) is 5.79. The second-order valence-corrected chi connectivity index (χ2v) is 7.95. The van der Waals surface area contributed by atoms with Crippen LogP contribution in [0.25, 0.3) is 10.9 Å². The lowest BCUT2D eigenvalue weighted by atomic mass is 10.1. The third kappa shape index (κ3) is 4.42. The van der Waals surface area contributed by atoms with Crippen molar-refractivity contribution >= 4 is 22.5 Å². The Hall–Kier alpha value is -2.93. The van der Waals surface area contributed by atoms with Crippen molar-refractivity contribution in [1.82, 2.24) is 14.8 Å². The van der Waals surface area contributed by atoms with Gasteiger partial charge in [0, 0.05) is 42.8 Å². The Kier molecular flexibility index (Phi) is 5.71. The van der Waals surface area contributed by atoms with Crippen molar-refractivity contribution in [3.05, 3.63) is 36.0 Å². The number of anilines is 1. The number of hydrogen-bond donors (Lipinski definition) is 1. The number of hydrogen-bond acceptors (Lipinski definition) is 5. The van der Waals surface area contributed by atoms with E-state index < -0.39 is 24.0 Å². The summed E-state index contributed by atoms with van der Waals surface area (Å²) in [6.45, 7) is 1.15. The number of nitrogens with one attached hydrogen (secondary N) is 1. The molecule has 2 aliphatic heterocycles. The van der Waals surface area contributed by atoms with Crippen LogP contribution < -0.4 is 5.32 Å². The molecule has 4 rings (SSSR count). The molecule has 0 bridgehead atoms. The van der Waals surface area contributed by atoms with Gasteiger partial charge in [-0.1, -0.05) is 12.1 Å². The van der Waals surface area contributed by atoms with Crippen molar-refractivity contribution in [2.24, 2.45) is 0 Å². The molecule has 1 N–H and O–H groups in total. The Morgan fingerprint density at radius 1 is 1.29 bits per heavy atom. The van der Waals surface area contributed by atoms with Crippen molar-refractivity contribution in [2.75, 3.05) is 31.5 Å². The summed E-state index contributed by atoms with van der Waals surface area (Å²) in [4.78, 5) is 19.6. The van der Waals surface area contributed by atoms with Gasteiger partial charge in [0.25, 0.3) is 0 Å². The topological polar surface area (TPSA) is 72.3 Å². The second kappa shape index (κ2) is 8.30. The maximum Gasteiger partial charge on any atom is 0.418 e. The summed E-state index contributed by atoms with van der Waals surface area (Å²) in [6.07, 6.45) is -3.59. The van der Waals surface area contributed by atoms with E-state index in [-0.39, 0.29) is 37.0 Å². The Bertz CT molecular complexity index is 1020. The van der Waals surface area contributed by atoms with E-state index in [4.69, 9.17) is 5.26 Å². The van der Waals surface area contributed by atoms with E-state index in [1.807, 2.05) is 11.0 Å². The molecule has 2 aliphatic rings. The smallest absolute Gasteiger partial charge is 0.380 e. The van der Waals surface area contributed by atoms with Crippen LogP contribution in [-0.2, 0) is 11.0 Å². The average Bonchev–Trinajstić information content (AvgIpc) is 3.32. The predicted molar refractivity (Wildman–Crippen MR) is 106 cm³/mol. The standard InChI is InChI=1S/C21H21F4N5O/c22-13-8-15(9-26)30(10-13)19(31)12-29-7-5-14(11-29)28-18-4-6-27-20-16(18)2-1-3-17(20)21(23,24)25/h1-4,6,13-15H,5,7-8,10-12H2,(H,27,28)/t13-,14+,15?/m0/s1. The van der Waals surface area contributed by atoms with Crippen molar-refractivity contribution < 1.29 is 22.4 Å². The second-order valence-electron chi connectivity index (χ2n) is 7.95. The molecule has 2 aromatic rings. The fourth-order valence-electron chi connectivity index (χ4n) is 4.31. The highest BCUT2D eigenvalue weighted by molar-refractivity contribution is 5.93. The molecule has 31 heavy (non-hydrogen) atoms. The van der Waals surface area contributed by atoms with E-state index in [0.717, 1.165) is 6.07 Å². The molecule has 1 aromatic heterocycles. The van der Waals surface area contributed by atoms with Crippen LogP contribution in [0.5, 0.6) is 0 Å². The van der Waals surface area contributed by atoms with E-state index in [0.29, 0.717) is 30.6 Å². The van der Waals surface area contributed by atoms with E-state index in [9.17, 15) is 22.4 Å². The fourth-order valence-corrected chi connectivity index (χ4v) is 4.31. The van der Waals surface area contributed by atoms with Crippen LogP contribution >= 0.6 is 0 Å². The minimum atomic E-state index is -4.49. The summed E-state index contributed by atoms with van der Waals surface area (Å²) in [5.41, 5.74) is -0.336. The van der Waals surface area contributed by atoms with Gasteiger partial charge < -0.3 is 10.2 Å². The zero-order valence-corrected chi connectivity index (χ0v) is 16.6. The van der Waals surface area contributed by atoms with Gasteiger partial charge in [0.15, 0.2) is 0 Å². The normalized spacial score (nSPS) is 24.5. The molecule has 1 aromatic carbocycles. The summed E-state index contributed by atoms with van der Waals surface area (Å²) in [5.74, 6) is -0.281. The lowest BCUT2D eigenvalue weighted by molar-refractivity contribution is -0.136. The quantitative estimate of drug-likeness (QED) is 0.747. The first-order valence-electron chi connectivity index (χ1n) is 10.0. The number of likely N-dealkylation sites (tertiary alicyclic amines) is 2. The number of benzene rings is 1. The number of nitrogens with zero attached hydrogens (tertiary/aromatic N) is 4. The summed E-state index contributed by atoms with van der Waals surface area (Å²) in [5, 5.41) is 12.8. The van der Waals surface area contributed by atoms with Crippen molar-refractivity contribution in [1.29, 1.82) is 5.26 Å². The lowest BCUT2D eigenvalue weighted by Gasteiger charge is -2.23. The Labute approximate surface area is 176 Å². The molecule has 3 heterocycles. The van der Waals surface area contributed by atoms with Crippen molar-refractivity contribution in [3.8, 4) is 6.07 Å². The predicted octanol–water partition coefficient (Wildman–Crippen LogP) is 3.20. The Morgan fingerprint density at radius 3 is 2.84 bits per heavy atom. The summed E-state index contributed by atoms with van der Waals surface area (Å²) >= 11 is 0. The van der Waals surface area contributed by atoms with Crippen LogP contribution in [0.2, 0.25) is 0 Å². The molecule has 10 heteroatoms.